The standard InChI is InChI=1S/C19H21N3O3S/c1-12-2-8-15-16(10-12)26-19(21-15)22-18(24)9-5-13-3-6-14(7-4-13)25-11-17(20)23/h3-7,9,12H,2,8,10-11H2,1H3,(H2,20,23)(H,21,22,24)/b9-5+. The minimum Gasteiger partial charge on any atom is -0.484 e. The Morgan fingerprint density at radius 2 is 2.15 bits per heavy atom. The molecule has 1 aromatic heterocycles. The molecule has 1 aromatic carbocycles. The van der Waals surface area contributed by atoms with Crippen LogP contribution in [-0.4, -0.2) is 23.4 Å². The SMILES string of the molecule is CC1CCc2nc(NC(=O)/C=C/c3ccc(OCC(N)=O)cc3)sc2C1. The number of fused-ring (bicyclic) bond motifs is 1. The summed E-state index contributed by atoms with van der Waals surface area (Å²) in [5.74, 6) is 0.497. The summed E-state index contributed by atoms with van der Waals surface area (Å²) in [5, 5.41) is 3.50. The lowest BCUT2D eigenvalue weighted by Gasteiger charge is -2.15. The maximum absolute atomic E-state index is 12.1. The number of hydrogen-bond donors (Lipinski definition) is 2. The summed E-state index contributed by atoms with van der Waals surface area (Å²) in [7, 11) is 0. The minimum atomic E-state index is -0.524. The third kappa shape index (κ3) is 4.92. The molecule has 1 atom stereocenters. The van der Waals surface area contributed by atoms with E-state index >= 15 is 0 Å². The van der Waals surface area contributed by atoms with Crippen LogP contribution in [-0.2, 0) is 22.4 Å². The Kier molecular flexibility index (Phi) is 5.68. The Hall–Kier alpha value is -2.67. The number of carbonyl (C=O) groups excluding carboxylic acids is 2. The van der Waals surface area contributed by atoms with Crippen molar-refractivity contribution in [2.24, 2.45) is 11.7 Å². The van der Waals surface area contributed by atoms with E-state index in [1.165, 1.54) is 11.0 Å². The average molecular weight is 371 g/mol. The number of rotatable bonds is 6. The predicted molar refractivity (Wildman–Crippen MR) is 102 cm³/mol. The zero-order valence-electron chi connectivity index (χ0n) is 14.5. The van der Waals surface area contributed by atoms with Crippen molar-refractivity contribution < 1.29 is 14.3 Å². The second-order valence-electron chi connectivity index (χ2n) is 6.38. The highest BCUT2D eigenvalue weighted by atomic mass is 32.1. The largest absolute Gasteiger partial charge is 0.484 e. The minimum absolute atomic E-state index is 0.159. The molecule has 136 valence electrons. The van der Waals surface area contributed by atoms with Gasteiger partial charge < -0.3 is 10.5 Å². The number of benzene rings is 1. The molecule has 1 aliphatic carbocycles. The van der Waals surface area contributed by atoms with E-state index in [1.54, 1.807) is 41.7 Å². The highest BCUT2D eigenvalue weighted by Crippen LogP contribution is 2.32. The van der Waals surface area contributed by atoms with Crippen molar-refractivity contribution in [1.82, 2.24) is 4.98 Å². The highest BCUT2D eigenvalue weighted by Gasteiger charge is 2.20. The number of primary amides is 1. The molecule has 0 aliphatic heterocycles. The predicted octanol–water partition coefficient (Wildman–Crippen LogP) is 2.78. The van der Waals surface area contributed by atoms with Crippen molar-refractivity contribution in [1.29, 1.82) is 0 Å². The van der Waals surface area contributed by atoms with Gasteiger partial charge in [0.1, 0.15) is 5.75 Å². The van der Waals surface area contributed by atoms with E-state index in [0.29, 0.717) is 16.8 Å². The van der Waals surface area contributed by atoms with Crippen LogP contribution in [0, 0.1) is 5.92 Å². The molecule has 1 aliphatic rings. The van der Waals surface area contributed by atoms with Gasteiger partial charge in [0, 0.05) is 11.0 Å². The zero-order chi connectivity index (χ0) is 18.5. The number of carbonyl (C=O) groups is 2. The lowest BCUT2D eigenvalue weighted by atomic mass is 9.93. The van der Waals surface area contributed by atoms with Crippen LogP contribution in [0.3, 0.4) is 0 Å². The lowest BCUT2D eigenvalue weighted by Crippen LogP contribution is -2.19. The van der Waals surface area contributed by atoms with Crippen molar-refractivity contribution in [3.63, 3.8) is 0 Å². The van der Waals surface area contributed by atoms with Crippen LogP contribution in [0.5, 0.6) is 5.75 Å². The first-order valence-corrected chi connectivity index (χ1v) is 9.30. The van der Waals surface area contributed by atoms with Gasteiger partial charge in [-0.05, 0) is 49.0 Å². The first-order valence-electron chi connectivity index (χ1n) is 8.48. The van der Waals surface area contributed by atoms with Gasteiger partial charge in [-0.1, -0.05) is 19.1 Å². The van der Waals surface area contributed by atoms with Crippen LogP contribution < -0.4 is 15.8 Å². The van der Waals surface area contributed by atoms with Crippen molar-refractivity contribution >= 4 is 34.4 Å². The van der Waals surface area contributed by atoms with E-state index in [0.717, 1.165) is 30.5 Å². The fourth-order valence-electron chi connectivity index (χ4n) is 2.74. The molecule has 7 heteroatoms. The van der Waals surface area contributed by atoms with Crippen molar-refractivity contribution in [2.45, 2.75) is 26.2 Å². The monoisotopic (exact) mass is 371 g/mol. The molecule has 3 N–H and O–H groups in total. The van der Waals surface area contributed by atoms with Gasteiger partial charge in [0.25, 0.3) is 5.91 Å². The van der Waals surface area contributed by atoms with E-state index in [9.17, 15) is 9.59 Å². The van der Waals surface area contributed by atoms with Crippen LogP contribution in [0.25, 0.3) is 6.08 Å². The highest BCUT2D eigenvalue weighted by molar-refractivity contribution is 7.15. The molecule has 0 spiro atoms. The quantitative estimate of drug-likeness (QED) is 0.764. The molecule has 6 nitrogen and oxygen atoms in total. The Balaban J connectivity index is 1.55. The molecule has 3 rings (SSSR count). The number of nitrogens with zero attached hydrogens (tertiary/aromatic N) is 1. The lowest BCUT2D eigenvalue weighted by molar-refractivity contribution is -0.120. The number of ether oxygens (including phenoxy) is 1. The fraction of sp³-hybridized carbons (Fsp3) is 0.316. The van der Waals surface area contributed by atoms with E-state index in [-0.39, 0.29) is 12.5 Å². The Morgan fingerprint density at radius 1 is 1.38 bits per heavy atom. The second kappa shape index (κ2) is 8.14. The zero-order valence-corrected chi connectivity index (χ0v) is 15.3. The van der Waals surface area contributed by atoms with Gasteiger partial charge in [-0.3, -0.25) is 14.9 Å². The summed E-state index contributed by atoms with van der Waals surface area (Å²) in [5.41, 5.74) is 7.00. The first-order chi connectivity index (χ1) is 12.5. The van der Waals surface area contributed by atoms with Crippen molar-refractivity contribution in [3.05, 3.63) is 46.5 Å². The van der Waals surface area contributed by atoms with Gasteiger partial charge in [0.15, 0.2) is 11.7 Å². The maximum Gasteiger partial charge on any atom is 0.255 e. The van der Waals surface area contributed by atoms with Crippen LogP contribution in [0.2, 0.25) is 0 Å². The molecule has 0 fully saturated rings. The second-order valence-corrected chi connectivity index (χ2v) is 7.47. The van der Waals surface area contributed by atoms with Crippen molar-refractivity contribution in [2.75, 3.05) is 11.9 Å². The Morgan fingerprint density at radius 3 is 2.88 bits per heavy atom. The van der Waals surface area contributed by atoms with Gasteiger partial charge in [0.05, 0.1) is 5.69 Å². The van der Waals surface area contributed by atoms with Crippen LogP contribution in [0.4, 0.5) is 5.13 Å². The smallest absolute Gasteiger partial charge is 0.255 e. The Labute approximate surface area is 156 Å². The molecule has 26 heavy (non-hydrogen) atoms. The molecule has 1 unspecified atom stereocenters. The molecule has 0 saturated heterocycles. The molecule has 2 aromatic rings. The van der Waals surface area contributed by atoms with Crippen LogP contribution in [0.1, 0.15) is 29.5 Å². The summed E-state index contributed by atoms with van der Waals surface area (Å²) in [4.78, 5) is 28.6. The number of amides is 2. The average Bonchev–Trinajstić information content (AvgIpc) is 3.00. The topological polar surface area (TPSA) is 94.3 Å². The molecular formula is C19H21N3O3S. The summed E-state index contributed by atoms with van der Waals surface area (Å²) in [6.45, 7) is 2.09. The third-order valence-corrected chi connectivity index (χ3v) is 5.14. The van der Waals surface area contributed by atoms with E-state index in [2.05, 4.69) is 17.2 Å². The number of hydrogen-bond acceptors (Lipinski definition) is 5. The summed E-state index contributed by atoms with van der Waals surface area (Å²) in [6.07, 6.45) is 6.38. The van der Waals surface area contributed by atoms with E-state index in [1.807, 2.05) is 0 Å². The maximum atomic E-state index is 12.1. The number of anilines is 1. The van der Waals surface area contributed by atoms with Gasteiger partial charge in [0.2, 0.25) is 5.91 Å². The van der Waals surface area contributed by atoms with Gasteiger partial charge in [-0.25, -0.2) is 4.98 Å². The number of aryl methyl sites for hydroxylation is 1. The number of nitrogens with one attached hydrogen (secondary N) is 1. The number of nitrogens with two attached hydrogens (primary N) is 1. The summed E-state index contributed by atoms with van der Waals surface area (Å²) >= 11 is 1.57. The van der Waals surface area contributed by atoms with E-state index < -0.39 is 5.91 Å². The Bertz CT molecular complexity index is 827. The molecule has 2 amide bonds. The fourth-order valence-corrected chi connectivity index (χ4v) is 3.92. The van der Waals surface area contributed by atoms with Crippen LogP contribution in [0.15, 0.2) is 30.3 Å². The molecular weight excluding hydrogens is 350 g/mol. The normalized spacial score (nSPS) is 16.3. The number of thiazole rings is 1. The summed E-state index contributed by atoms with van der Waals surface area (Å²) in [6, 6.07) is 7.03. The molecule has 1 heterocycles. The summed E-state index contributed by atoms with van der Waals surface area (Å²) < 4.78 is 5.19. The van der Waals surface area contributed by atoms with Crippen molar-refractivity contribution in [3.8, 4) is 5.75 Å². The van der Waals surface area contributed by atoms with Gasteiger partial charge in [-0.2, -0.15) is 0 Å². The molecule has 0 saturated carbocycles. The van der Waals surface area contributed by atoms with E-state index in [4.69, 9.17) is 10.5 Å². The molecule has 0 bridgehead atoms. The van der Waals surface area contributed by atoms with Gasteiger partial charge in [-0.15, -0.1) is 11.3 Å². The van der Waals surface area contributed by atoms with Crippen LogP contribution >= 0.6 is 11.3 Å². The first kappa shape index (κ1) is 18.1. The van der Waals surface area contributed by atoms with Gasteiger partial charge >= 0.3 is 0 Å². The third-order valence-electron chi connectivity index (χ3n) is 4.10. The molecule has 0 radical (unpaired) electrons. The number of aromatic nitrogens is 1.